The van der Waals surface area contributed by atoms with Crippen LogP contribution < -0.4 is 5.73 Å². The molecule has 142 valence electrons. The molecule has 0 fully saturated rings. The number of nitrogens with two attached hydrogens (primary N) is 1. The number of carbonyl (C=O) groups is 1. The van der Waals surface area contributed by atoms with Crippen molar-refractivity contribution in [3.8, 4) is 5.75 Å². The van der Waals surface area contributed by atoms with Crippen molar-refractivity contribution in [3.05, 3.63) is 29.8 Å². The molecule has 1 rings (SSSR count). The minimum absolute atomic E-state index is 0.0249. The van der Waals surface area contributed by atoms with Crippen LogP contribution in [0.25, 0.3) is 0 Å². The average Bonchev–Trinajstić information content (AvgIpc) is 2.48. The van der Waals surface area contributed by atoms with Gasteiger partial charge in [0, 0.05) is 0 Å². The predicted octanol–water partition coefficient (Wildman–Crippen LogP) is 0.464. The Balaban J connectivity index is 2.65. The van der Waals surface area contributed by atoms with E-state index in [1.165, 1.54) is 18.2 Å². The number of aromatic hydroxyl groups is 1. The number of rotatable bonds is 9. The second kappa shape index (κ2) is 8.07. The molecule has 0 aliphatic heterocycles. The lowest BCUT2D eigenvalue weighted by Gasteiger charge is -2.29. The molecule has 0 saturated heterocycles. The minimum atomic E-state index is -5.49. The molecule has 10 nitrogen and oxygen atoms in total. The van der Waals surface area contributed by atoms with E-state index in [4.69, 9.17) is 25.3 Å². The molecular formula is C13H21NO9P2. The molecule has 0 spiro atoms. The van der Waals surface area contributed by atoms with Gasteiger partial charge in [-0.05, 0) is 31.4 Å². The van der Waals surface area contributed by atoms with E-state index >= 15 is 0 Å². The van der Waals surface area contributed by atoms with Gasteiger partial charge in [0.25, 0.3) is 5.08 Å². The smallest absolute Gasteiger partial charge is 0.369 e. The Hall–Kier alpha value is -1.09. The topological polar surface area (TPSA) is 199 Å². The van der Waals surface area contributed by atoms with Gasteiger partial charge in [0.1, 0.15) is 5.75 Å². The van der Waals surface area contributed by atoms with Crippen LogP contribution in [0.3, 0.4) is 0 Å². The number of hydrogen-bond acceptors (Lipinski definition) is 6. The fourth-order valence-electron chi connectivity index (χ4n) is 2.20. The number of ketones is 1. The van der Waals surface area contributed by atoms with Gasteiger partial charge < -0.3 is 35.5 Å². The molecule has 1 atom stereocenters. The van der Waals surface area contributed by atoms with Gasteiger partial charge in [0.15, 0.2) is 5.78 Å². The molecule has 25 heavy (non-hydrogen) atoms. The minimum Gasteiger partial charge on any atom is -0.507 e. The number of Topliss-reactive ketones (excluding diaryl/α,β-unsaturated/α-hetero) is 1. The lowest BCUT2D eigenvalue weighted by atomic mass is 9.99. The molecule has 1 aromatic rings. The van der Waals surface area contributed by atoms with Crippen LogP contribution in [0, 0.1) is 0 Å². The van der Waals surface area contributed by atoms with Crippen molar-refractivity contribution in [2.45, 2.75) is 36.8 Å². The van der Waals surface area contributed by atoms with Gasteiger partial charge in [-0.25, -0.2) is 0 Å². The predicted molar refractivity (Wildman–Crippen MR) is 87.9 cm³/mol. The van der Waals surface area contributed by atoms with Gasteiger partial charge in [0.2, 0.25) is 0 Å². The first-order valence-electron chi connectivity index (χ1n) is 7.22. The largest absolute Gasteiger partial charge is 0.507 e. The lowest BCUT2D eigenvalue weighted by Crippen LogP contribution is -2.31. The summed E-state index contributed by atoms with van der Waals surface area (Å²) in [6.45, 7) is 0. The maximum absolute atomic E-state index is 12.1. The number of benzene rings is 1. The second-order valence-electron chi connectivity index (χ2n) is 5.60. The quantitative estimate of drug-likeness (QED) is 0.174. The Morgan fingerprint density at radius 1 is 1.08 bits per heavy atom. The number of aliphatic hydroxyl groups is 1. The van der Waals surface area contributed by atoms with Crippen LogP contribution in [-0.2, 0) is 9.13 Å². The molecule has 0 bridgehead atoms. The monoisotopic (exact) mass is 397 g/mol. The summed E-state index contributed by atoms with van der Waals surface area (Å²) in [5, 5.41) is 15.9. The highest BCUT2D eigenvalue weighted by atomic mass is 31.2. The Kier molecular flexibility index (Phi) is 7.09. The Bertz CT molecular complexity index is 689. The summed E-state index contributed by atoms with van der Waals surface area (Å²) in [5.74, 6) is -0.779. The van der Waals surface area contributed by atoms with E-state index in [9.17, 15) is 24.1 Å². The number of para-hydroxylation sites is 1. The molecule has 0 aliphatic carbocycles. The summed E-state index contributed by atoms with van der Waals surface area (Å²) in [4.78, 5) is 48.1. The van der Waals surface area contributed by atoms with Crippen molar-refractivity contribution >= 4 is 21.0 Å². The SMILES string of the molecule is NC(CCCCC(O)(P(=O)(O)O)P(=O)(O)O)C(=O)c1ccccc1O. The highest BCUT2D eigenvalue weighted by Gasteiger charge is 2.58. The molecule has 12 heteroatoms. The van der Waals surface area contributed by atoms with Crippen molar-refractivity contribution < 1.29 is 43.7 Å². The summed E-state index contributed by atoms with van der Waals surface area (Å²) < 4.78 is 22.4. The molecule has 0 aromatic heterocycles. The molecule has 1 unspecified atom stereocenters. The zero-order valence-electron chi connectivity index (χ0n) is 13.1. The van der Waals surface area contributed by atoms with Crippen LogP contribution in [0.15, 0.2) is 24.3 Å². The Labute approximate surface area is 143 Å². The standard InChI is InChI=1S/C13H21NO9P2/c14-10(12(16)9-5-1-2-7-11(9)15)6-3-4-8-13(17,24(18,19)20)25(21,22)23/h1-2,5,7,10,15,17H,3-4,6,8,14H2,(H2,18,19,20)(H2,21,22,23). The van der Waals surface area contributed by atoms with Crippen molar-refractivity contribution in [2.24, 2.45) is 5.73 Å². The number of hydrogen-bond donors (Lipinski definition) is 7. The first-order chi connectivity index (χ1) is 11.3. The maximum Gasteiger partial charge on any atom is 0.369 e. The van der Waals surface area contributed by atoms with Crippen LogP contribution in [0.4, 0.5) is 0 Å². The average molecular weight is 397 g/mol. The fraction of sp³-hybridized carbons (Fsp3) is 0.462. The summed E-state index contributed by atoms with van der Waals surface area (Å²) in [7, 11) is -11.0. The van der Waals surface area contributed by atoms with Crippen LogP contribution in [0.5, 0.6) is 5.75 Å². The molecule has 0 radical (unpaired) electrons. The van der Waals surface area contributed by atoms with E-state index in [0.29, 0.717) is 0 Å². The third-order valence-electron chi connectivity index (χ3n) is 3.72. The van der Waals surface area contributed by atoms with Gasteiger partial charge >= 0.3 is 15.2 Å². The second-order valence-corrected chi connectivity index (χ2v) is 9.60. The molecule has 0 aliphatic rings. The molecular weight excluding hydrogens is 376 g/mol. The molecule has 0 saturated carbocycles. The summed E-state index contributed by atoms with van der Waals surface area (Å²) >= 11 is 0. The molecule has 0 heterocycles. The van der Waals surface area contributed by atoms with Crippen molar-refractivity contribution in [3.63, 3.8) is 0 Å². The third kappa shape index (κ3) is 5.20. The zero-order chi connectivity index (χ0) is 19.5. The van der Waals surface area contributed by atoms with Crippen LogP contribution >= 0.6 is 15.2 Å². The summed E-state index contributed by atoms with van der Waals surface area (Å²) in [6, 6.07) is 4.76. The third-order valence-corrected chi connectivity index (χ3v) is 7.59. The van der Waals surface area contributed by atoms with Gasteiger partial charge in [-0.2, -0.15) is 0 Å². The van der Waals surface area contributed by atoms with Gasteiger partial charge in [-0.15, -0.1) is 0 Å². The summed E-state index contributed by atoms with van der Waals surface area (Å²) in [6.07, 6.45) is -0.943. The number of unbranched alkanes of at least 4 members (excludes halogenated alkanes) is 1. The van der Waals surface area contributed by atoms with E-state index in [2.05, 4.69) is 0 Å². The van der Waals surface area contributed by atoms with Crippen molar-refractivity contribution in [1.82, 2.24) is 0 Å². The molecule has 8 N–H and O–H groups in total. The molecule has 0 amide bonds. The number of phenols is 1. The van der Waals surface area contributed by atoms with E-state index in [0.717, 1.165) is 0 Å². The van der Waals surface area contributed by atoms with E-state index in [1.807, 2.05) is 0 Å². The van der Waals surface area contributed by atoms with E-state index in [-0.39, 0.29) is 30.6 Å². The van der Waals surface area contributed by atoms with Crippen LogP contribution in [-0.4, -0.2) is 46.7 Å². The van der Waals surface area contributed by atoms with Crippen LogP contribution in [0.2, 0.25) is 0 Å². The number of carbonyl (C=O) groups excluding carboxylic acids is 1. The normalized spacial score (nSPS) is 14.3. The fourth-order valence-corrected chi connectivity index (χ4v) is 4.46. The van der Waals surface area contributed by atoms with Crippen molar-refractivity contribution in [1.29, 1.82) is 0 Å². The zero-order valence-corrected chi connectivity index (χ0v) is 14.9. The first-order valence-corrected chi connectivity index (χ1v) is 10.4. The van der Waals surface area contributed by atoms with Crippen LogP contribution in [0.1, 0.15) is 36.0 Å². The molecule has 1 aromatic carbocycles. The Morgan fingerprint density at radius 3 is 2.08 bits per heavy atom. The highest BCUT2D eigenvalue weighted by Crippen LogP contribution is 2.69. The van der Waals surface area contributed by atoms with Gasteiger partial charge in [0.05, 0.1) is 11.6 Å². The number of phenolic OH excluding ortho intramolecular Hbond substituents is 1. The van der Waals surface area contributed by atoms with Gasteiger partial charge in [-0.3, -0.25) is 13.9 Å². The Morgan fingerprint density at radius 2 is 1.60 bits per heavy atom. The maximum atomic E-state index is 12.1. The summed E-state index contributed by atoms with van der Waals surface area (Å²) in [5.41, 5.74) is 5.73. The van der Waals surface area contributed by atoms with Gasteiger partial charge in [-0.1, -0.05) is 18.6 Å². The van der Waals surface area contributed by atoms with E-state index in [1.54, 1.807) is 6.07 Å². The highest BCUT2D eigenvalue weighted by molar-refractivity contribution is 7.72. The first kappa shape index (κ1) is 22.0. The van der Waals surface area contributed by atoms with E-state index < -0.39 is 38.5 Å². The lowest BCUT2D eigenvalue weighted by molar-refractivity contribution is 0.0949. The van der Waals surface area contributed by atoms with Crippen molar-refractivity contribution in [2.75, 3.05) is 0 Å².